The monoisotopic (exact) mass is 311 g/mol. The summed E-state index contributed by atoms with van der Waals surface area (Å²) in [5.41, 5.74) is 5.42. The summed E-state index contributed by atoms with van der Waals surface area (Å²) in [7, 11) is 2.18. The number of nitrogens with two attached hydrogens (primary N) is 1. The summed E-state index contributed by atoms with van der Waals surface area (Å²) in [6, 6.07) is -0.129. The van der Waals surface area contributed by atoms with Crippen molar-refractivity contribution < 1.29 is 14.3 Å². The molecule has 0 spiro atoms. The van der Waals surface area contributed by atoms with Crippen LogP contribution in [0.4, 0.5) is 4.79 Å². The first-order valence-corrected chi connectivity index (χ1v) is 8.61. The Hall–Kier alpha value is -0.850. The molecule has 0 aromatic rings. The van der Waals surface area contributed by atoms with Crippen LogP contribution in [0.25, 0.3) is 0 Å². The molecule has 126 valence electrons. The lowest BCUT2D eigenvalue weighted by atomic mass is 9.98. The topological polar surface area (TPSA) is 68.0 Å². The molecule has 0 unspecified atom stereocenters. The van der Waals surface area contributed by atoms with E-state index < -0.39 is 0 Å². The van der Waals surface area contributed by atoms with Gasteiger partial charge in [-0.3, -0.25) is 0 Å². The Morgan fingerprint density at radius 3 is 2.64 bits per heavy atom. The van der Waals surface area contributed by atoms with Crippen molar-refractivity contribution in [2.75, 3.05) is 39.9 Å². The van der Waals surface area contributed by atoms with Crippen molar-refractivity contribution in [2.45, 2.75) is 50.4 Å². The highest BCUT2D eigenvalue weighted by molar-refractivity contribution is 5.72. The van der Waals surface area contributed by atoms with E-state index >= 15 is 0 Å². The lowest BCUT2D eigenvalue weighted by Gasteiger charge is -2.35. The fourth-order valence-electron chi connectivity index (χ4n) is 3.99. The van der Waals surface area contributed by atoms with Gasteiger partial charge in [-0.15, -0.1) is 0 Å². The Labute approximate surface area is 132 Å². The maximum absolute atomic E-state index is 11.4. The van der Waals surface area contributed by atoms with Crippen molar-refractivity contribution in [3.8, 4) is 0 Å². The van der Waals surface area contributed by atoms with Crippen LogP contribution in [0.2, 0.25) is 0 Å². The average Bonchev–Trinajstić information content (AvgIpc) is 2.92. The molecule has 0 aromatic carbocycles. The second kappa shape index (κ2) is 7.15. The summed E-state index contributed by atoms with van der Waals surface area (Å²) in [6.45, 7) is 4.64. The maximum atomic E-state index is 11.4. The summed E-state index contributed by atoms with van der Waals surface area (Å²) in [4.78, 5) is 15.5. The molecule has 0 bridgehead atoms. The number of amides is 2. The van der Waals surface area contributed by atoms with Crippen molar-refractivity contribution >= 4 is 6.03 Å². The summed E-state index contributed by atoms with van der Waals surface area (Å²) < 4.78 is 12.0. The summed E-state index contributed by atoms with van der Waals surface area (Å²) in [5, 5.41) is 0. The zero-order valence-electron chi connectivity index (χ0n) is 13.6. The van der Waals surface area contributed by atoms with Crippen LogP contribution in [0, 0.1) is 5.92 Å². The van der Waals surface area contributed by atoms with E-state index in [4.69, 9.17) is 15.2 Å². The van der Waals surface area contributed by atoms with Crippen molar-refractivity contribution in [3.05, 3.63) is 0 Å². The van der Waals surface area contributed by atoms with E-state index in [1.165, 1.54) is 25.9 Å². The van der Waals surface area contributed by atoms with Gasteiger partial charge >= 0.3 is 6.03 Å². The average molecular weight is 311 g/mol. The number of carbonyl (C=O) groups excluding carboxylic acids is 1. The van der Waals surface area contributed by atoms with Crippen LogP contribution in [-0.4, -0.2) is 74.0 Å². The first-order chi connectivity index (χ1) is 10.6. The van der Waals surface area contributed by atoms with Crippen molar-refractivity contribution in [2.24, 2.45) is 11.7 Å². The Morgan fingerprint density at radius 2 is 1.91 bits per heavy atom. The fourth-order valence-corrected chi connectivity index (χ4v) is 3.99. The predicted molar refractivity (Wildman–Crippen MR) is 83.6 cm³/mol. The highest BCUT2D eigenvalue weighted by atomic mass is 16.5. The van der Waals surface area contributed by atoms with Gasteiger partial charge in [-0.25, -0.2) is 4.79 Å². The summed E-state index contributed by atoms with van der Waals surface area (Å²) in [5.74, 6) is 0.698. The van der Waals surface area contributed by atoms with Gasteiger partial charge in [0.25, 0.3) is 0 Å². The predicted octanol–water partition coefficient (Wildman–Crippen LogP) is 1.05. The van der Waals surface area contributed by atoms with E-state index in [-0.39, 0.29) is 24.3 Å². The highest BCUT2D eigenvalue weighted by Crippen LogP contribution is 2.31. The Morgan fingerprint density at radius 1 is 1.14 bits per heavy atom. The molecule has 0 aromatic heterocycles. The van der Waals surface area contributed by atoms with Crippen LogP contribution in [0.1, 0.15) is 32.1 Å². The standard InChI is InChI=1S/C16H29N3O3/c1-18-7-4-12(5-8-18)10-21-11-13-2-3-14-15(22-13)6-9-19(14)16(17)20/h12-15H,2-11H2,1H3,(H2,17,20)/t13-,14+,15+/m0/s1. The molecule has 0 saturated carbocycles. The molecular weight excluding hydrogens is 282 g/mol. The number of fused-ring (bicyclic) bond motifs is 1. The highest BCUT2D eigenvalue weighted by Gasteiger charge is 2.41. The minimum atomic E-state index is -0.312. The molecule has 22 heavy (non-hydrogen) atoms. The van der Waals surface area contributed by atoms with Gasteiger partial charge < -0.3 is 25.0 Å². The second-order valence-corrected chi connectivity index (χ2v) is 7.05. The number of rotatable bonds is 4. The number of carbonyl (C=O) groups is 1. The Kier molecular flexibility index (Phi) is 5.21. The number of hydrogen-bond donors (Lipinski definition) is 1. The molecule has 3 fully saturated rings. The summed E-state index contributed by atoms with van der Waals surface area (Å²) >= 11 is 0. The molecule has 2 N–H and O–H groups in total. The number of nitrogens with zero attached hydrogens (tertiary/aromatic N) is 2. The number of likely N-dealkylation sites (tertiary alicyclic amines) is 2. The van der Waals surface area contributed by atoms with E-state index in [1.807, 2.05) is 0 Å². The Bertz CT molecular complexity index is 385. The van der Waals surface area contributed by atoms with Crippen LogP contribution in [0.5, 0.6) is 0 Å². The van der Waals surface area contributed by atoms with Gasteiger partial charge in [0.05, 0.1) is 24.9 Å². The van der Waals surface area contributed by atoms with Gasteiger partial charge in [-0.1, -0.05) is 0 Å². The number of primary amides is 1. The first-order valence-electron chi connectivity index (χ1n) is 8.61. The van der Waals surface area contributed by atoms with Crippen molar-refractivity contribution in [1.82, 2.24) is 9.80 Å². The zero-order chi connectivity index (χ0) is 15.5. The minimum Gasteiger partial charge on any atom is -0.378 e. The molecule has 0 aliphatic carbocycles. The van der Waals surface area contributed by atoms with Crippen molar-refractivity contribution in [1.29, 1.82) is 0 Å². The van der Waals surface area contributed by atoms with Crippen LogP contribution in [-0.2, 0) is 9.47 Å². The van der Waals surface area contributed by atoms with Crippen LogP contribution in [0.15, 0.2) is 0 Å². The van der Waals surface area contributed by atoms with E-state index in [1.54, 1.807) is 4.90 Å². The van der Waals surface area contributed by atoms with Gasteiger partial charge in [0.15, 0.2) is 0 Å². The molecule has 3 atom stereocenters. The number of urea groups is 1. The maximum Gasteiger partial charge on any atom is 0.315 e. The molecule has 0 radical (unpaired) electrons. The molecule has 6 heteroatoms. The fraction of sp³-hybridized carbons (Fsp3) is 0.938. The second-order valence-electron chi connectivity index (χ2n) is 7.05. The van der Waals surface area contributed by atoms with Gasteiger partial charge in [0, 0.05) is 13.2 Å². The van der Waals surface area contributed by atoms with Gasteiger partial charge in [-0.2, -0.15) is 0 Å². The minimum absolute atomic E-state index is 0.151. The van der Waals surface area contributed by atoms with E-state index in [0.717, 1.165) is 32.4 Å². The molecule has 3 aliphatic rings. The van der Waals surface area contributed by atoms with E-state index in [0.29, 0.717) is 12.5 Å². The number of ether oxygens (including phenoxy) is 2. The lowest BCUT2D eigenvalue weighted by molar-refractivity contribution is -0.0998. The molecule has 6 nitrogen and oxygen atoms in total. The third kappa shape index (κ3) is 3.73. The van der Waals surface area contributed by atoms with E-state index in [2.05, 4.69) is 11.9 Å². The van der Waals surface area contributed by atoms with Crippen LogP contribution >= 0.6 is 0 Å². The molecular formula is C16H29N3O3. The van der Waals surface area contributed by atoms with Gasteiger partial charge in [-0.05, 0) is 58.2 Å². The SMILES string of the molecule is CN1CCC(COC[C@@H]2CC[C@@H]3[C@@H](CCN3C(N)=O)O2)CC1. The molecule has 3 aliphatic heterocycles. The Balaban J connectivity index is 1.36. The number of hydrogen-bond acceptors (Lipinski definition) is 4. The normalized spacial score (nSPS) is 33.9. The van der Waals surface area contributed by atoms with Gasteiger partial charge in [0.2, 0.25) is 0 Å². The van der Waals surface area contributed by atoms with Crippen molar-refractivity contribution in [3.63, 3.8) is 0 Å². The smallest absolute Gasteiger partial charge is 0.315 e. The largest absolute Gasteiger partial charge is 0.378 e. The third-order valence-corrected chi connectivity index (χ3v) is 5.41. The van der Waals surface area contributed by atoms with Gasteiger partial charge in [0.1, 0.15) is 0 Å². The van der Waals surface area contributed by atoms with E-state index in [9.17, 15) is 4.79 Å². The van der Waals surface area contributed by atoms with Crippen LogP contribution in [0.3, 0.4) is 0 Å². The third-order valence-electron chi connectivity index (χ3n) is 5.41. The molecule has 3 heterocycles. The lowest BCUT2D eigenvalue weighted by Crippen LogP contribution is -2.47. The quantitative estimate of drug-likeness (QED) is 0.842. The molecule has 2 amide bonds. The molecule has 3 saturated heterocycles. The van der Waals surface area contributed by atoms with Crippen LogP contribution < -0.4 is 5.73 Å². The summed E-state index contributed by atoms with van der Waals surface area (Å²) in [6.07, 6.45) is 5.65. The zero-order valence-corrected chi connectivity index (χ0v) is 13.6. The molecule has 3 rings (SSSR count). The first kappa shape index (κ1) is 16.0. The number of piperidine rings is 1.